The average Bonchev–Trinajstić information content (AvgIpc) is 2.96. The highest BCUT2D eigenvalue weighted by Gasteiger charge is 2.14. The van der Waals surface area contributed by atoms with Gasteiger partial charge in [-0.2, -0.15) is 0 Å². The lowest BCUT2D eigenvalue weighted by atomic mass is 10.1. The Balaban J connectivity index is 1.60. The average molecular weight is 396 g/mol. The summed E-state index contributed by atoms with van der Waals surface area (Å²) in [5.74, 6) is 0.794. The summed E-state index contributed by atoms with van der Waals surface area (Å²) in [6.07, 6.45) is 8.46. The normalized spacial score (nSPS) is 16.7. The van der Waals surface area contributed by atoms with E-state index in [0.29, 0.717) is 43.1 Å². The van der Waals surface area contributed by atoms with E-state index in [-0.39, 0.29) is 5.75 Å². The van der Waals surface area contributed by atoms with Crippen molar-refractivity contribution in [2.75, 3.05) is 32.5 Å². The number of aliphatic imine (C=N–C) groups is 1. The molecule has 6 nitrogen and oxygen atoms in total. The number of rotatable bonds is 9. The zero-order valence-corrected chi connectivity index (χ0v) is 17.1. The zero-order valence-electron chi connectivity index (χ0n) is 16.3. The molecule has 0 heterocycles. The Hall–Kier alpha value is -1.60. The van der Waals surface area contributed by atoms with Crippen LogP contribution in [0.25, 0.3) is 0 Å². The number of hydrogen-bond acceptors (Lipinski definition) is 4. The minimum atomic E-state index is -3.22. The summed E-state index contributed by atoms with van der Waals surface area (Å²) in [5, 5.41) is 6.38. The third-order valence-corrected chi connectivity index (χ3v) is 6.58. The first kappa shape index (κ1) is 21.7. The second-order valence-corrected chi connectivity index (χ2v) is 9.00. The fourth-order valence-corrected chi connectivity index (χ4v) is 4.57. The summed E-state index contributed by atoms with van der Waals surface area (Å²) in [6.45, 7) is 1.90. The Morgan fingerprint density at radius 3 is 2.41 bits per heavy atom. The van der Waals surface area contributed by atoms with E-state index in [2.05, 4.69) is 15.6 Å². The van der Waals surface area contributed by atoms with Crippen molar-refractivity contribution in [1.82, 2.24) is 10.6 Å². The van der Waals surface area contributed by atoms with Crippen LogP contribution in [0.3, 0.4) is 0 Å². The van der Waals surface area contributed by atoms with Gasteiger partial charge in [-0.25, -0.2) is 8.42 Å². The van der Waals surface area contributed by atoms with Crippen LogP contribution < -0.4 is 10.6 Å². The van der Waals surface area contributed by atoms with Gasteiger partial charge in [0, 0.05) is 20.1 Å². The molecule has 0 aromatic heterocycles. The van der Waals surface area contributed by atoms with Crippen LogP contribution in [0.1, 0.15) is 44.9 Å². The molecule has 2 N–H and O–H groups in total. The van der Waals surface area contributed by atoms with E-state index in [1.807, 2.05) is 6.07 Å². The molecule has 0 spiro atoms. The van der Waals surface area contributed by atoms with Gasteiger partial charge in [0.1, 0.15) is 0 Å². The van der Waals surface area contributed by atoms with Crippen LogP contribution in [0.15, 0.2) is 40.2 Å². The van der Waals surface area contributed by atoms with E-state index < -0.39 is 9.84 Å². The van der Waals surface area contributed by atoms with E-state index in [1.165, 1.54) is 38.5 Å². The van der Waals surface area contributed by atoms with Crippen LogP contribution >= 0.6 is 0 Å². The maximum absolute atomic E-state index is 12.2. The monoisotopic (exact) mass is 395 g/mol. The van der Waals surface area contributed by atoms with Gasteiger partial charge in [-0.3, -0.25) is 4.99 Å². The lowest BCUT2D eigenvalue weighted by molar-refractivity contribution is 0.0468. The van der Waals surface area contributed by atoms with Crippen molar-refractivity contribution >= 4 is 15.8 Å². The molecule has 0 atom stereocenters. The maximum Gasteiger partial charge on any atom is 0.191 e. The quantitative estimate of drug-likeness (QED) is 0.291. The van der Waals surface area contributed by atoms with Gasteiger partial charge in [0.15, 0.2) is 15.8 Å². The van der Waals surface area contributed by atoms with Gasteiger partial charge in [-0.05, 0) is 31.4 Å². The van der Waals surface area contributed by atoms with E-state index in [4.69, 9.17) is 4.74 Å². The van der Waals surface area contributed by atoms with Crippen molar-refractivity contribution in [2.24, 2.45) is 4.99 Å². The van der Waals surface area contributed by atoms with Crippen LogP contribution in [-0.4, -0.2) is 53.0 Å². The maximum atomic E-state index is 12.2. The van der Waals surface area contributed by atoms with Gasteiger partial charge in [-0.15, -0.1) is 0 Å². The molecule has 1 saturated carbocycles. The Bertz CT molecular complexity index is 654. The predicted octanol–water partition coefficient (Wildman–Crippen LogP) is 2.75. The molecule has 0 amide bonds. The Kier molecular flexibility index (Phi) is 9.62. The Morgan fingerprint density at radius 2 is 1.74 bits per heavy atom. The molecule has 27 heavy (non-hydrogen) atoms. The molecular weight excluding hydrogens is 362 g/mol. The molecule has 0 unspecified atom stereocenters. The third-order valence-electron chi connectivity index (χ3n) is 4.76. The number of ether oxygens (including phenoxy) is 1. The van der Waals surface area contributed by atoms with E-state index >= 15 is 0 Å². The molecule has 0 radical (unpaired) electrons. The molecule has 1 aromatic carbocycles. The molecule has 152 valence electrons. The molecule has 1 aliphatic rings. The summed E-state index contributed by atoms with van der Waals surface area (Å²) in [7, 11) is -1.51. The Labute approximate surface area is 163 Å². The molecule has 7 heteroatoms. The molecular formula is C20H33N3O3S. The first-order valence-corrected chi connectivity index (χ1v) is 11.6. The van der Waals surface area contributed by atoms with Crippen LogP contribution in [0.2, 0.25) is 0 Å². The standard InChI is InChI=1S/C20H33N3O3S/c1-21-20(23-15-16-26-18-10-5-2-3-6-11-18)22-14-9-17-27(24,25)19-12-7-4-8-13-19/h4,7-8,12-13,18H,2-3,5-6,9-11,14-17H2,1H3,(H2,21,22,23). The first-order chi connectivity index (χ1) is 13.1. The van der Waals surface area contributed by atoms with Gasteiger partial charge in [-0.1, -0.05) is 43.9 Å². The highest BCUT2D eigenvalue weighted by atomic mass is 32.2. The highest BCUT2D eigenvalue weighted by molar-refractivity contribution is 7.91. The molecule has 1 aromatic rings. The van der Waals surface area contributed by atoms with Crippen LogP contribution in [-0.2, 0) is 14.6 Å². The van der Waals surface area contributed by atoms with Gasteiger partial charge >= 0.3 is 0 Å². The third kappa shape index (κ3) is 8.30. The number of guanidine groups is 1. The summed E-state index contributed by atoms with van der Waals surface area (Å²) in [6, 6.07) is 8.58. The fourth-order valence-electron chi connectivity index (χ4n) is 3.24. The van der Waals surface area contributed by atoms with E-state index in [0.717, 1.165) is 0 Å². The number of sulfone groups is 1. The second kappa shape index (κ2) is 12.0. The smallest absolute Gasteiger partial charge is 0.191 e. The molecule has 1 aliphatic carbocycles. The van der Waals surface area contributed by atoms with Gasteiger partial charge in [0.2, 0.25) is 0 Å². The van der Waals surface area contributed by atoms with E-state index in [9.17, 15) is 8.42 Å². The number of nitrogens with one attached hydrogen (secondary N) is 2. The molecule has 2 rings (SSSR count). The van der Waals surface area contributed by atoms with Gasteiger partial charge < -0.3 is 15.4 Å². The topological polar surface area (TPSA) is 79.8 Å². The largest absolute Gasteiger partial charge is 0.376 e. The fraction of sp³-hybridized carbons (Fsp3) is 0.650. The highest BCUT2D eigenvalue weighted by Crippen LogP contribution is 2.19. The lowest BCUT2D eigenvalue weighted by Gasteiger charge is -2.16. The zero-order chi connectivity index (χ0) is 19.4. The summed E-state index contributed by atoms with van der Waals surface area (Å²) in [5.41, 5.74) is 0. The van der Waals surface area contributed by atoms with Gasteiger partial charge in [0.05, 0.1) is 23.4 Å². The van der Waals surface area contributed by atoms with Crippen LogP contribution in [0.4, 0.5) is 0 Å². The summed E-state index contributed by atoms with van der Waals surface area (Å²) < 4.78 is 30.4. The molecule has 1 fully saturated rings. The first-order valence-electron chi connectivity index (χ1n) is 9.96. The lowest BCUT2D eigenvalue weighted by Crippen LogP contribution is -2.40. The number of benzene rings is 1. The van der Waals surface area contributed by atoms with Crippen LogP contribution in [0, 0.1) is 0 Å². The molecule has 0 saturated heterocycles. The van der Waals surface area contributed by atoms with Gasteiger partial charge in [0.25, 0.3) is 0 Å². The van der Waals surface area contributed by atoms with Crippen LogP contribution in [0.5, 0.6) is 0 Å². The Morgan fingerprint density at radius 1 is 1.07 bits per heavy atom. The summed E-state index contributed by atoms with van der Waals surface area (Å²) >= 11 is 0. The summed E-state index contributed by atoms with van der Waals surface area (Å²) in [4.78, 5) is 4.55. The van der Waals surface area contributed by atoms with Crippen molar-refractivity contribution in [3.05, 3.63) is 30.3 Å². The van der Waals surface area contributed by atoms with Crippen molar-refractivity contribution in [1.29, 1.82) is 0 Å². The number of hydrogen-bond donors (Lipinski definition) is 2. The predicted molar refractivity (Wildman–Crippen MR) is 110 cm³/mol. The second-order valence-electron chi connectivity index (χ2n) is 6.90. The SMILES string of the molecule is CN=C(NCCCS(=O)(=O)c1ccccc1)NCCOC1CCCCCC1. The number of nitrogens with zero attached hydrogens (tertiary/aromatic N) is 1. The van der Waals surface area contributed by atoms with Crippen molar-refractivity contribution in [3.8, 4) is 0 Å². The minimum absolute atomic E-state index is 0.117. The molecule has 0 aliphatic heterocycles. The molecule has 0 bridgehead atoms. The van der Waals surface area contributed by atoms with Crippen molar-refractivity contribution < 1.29 is 13.2 Å². The minimum Gasteiger partial charge on any atom is -0.376 e. The van der Waals surface area contributed by atoms with Crippen molar-refractivity contribution in [2.45, 2.75) is 55.9 Å². The van der Waals surface area contributed by atoms with E-state index in [1.54, 1.807) is 31.3 Å². The van der Waals surface area contributed by atoms with Crippen molar-refractivity contribution in [3.63, 3.8) is 0 Å².